The van der Waals surface area contributed by atoms with Crippen molar-refractivity contribution in [1.29, 1.82) is 0 Å². The zero-order chi connectivity index (χ0) is 15.7. The van der Waals surface area contributed by atoms with E-state index in [2.05, 4.69) is 23.8 Å². The van der Waals surface area contributed by atoms with Gasteiger partial charge in [0.1, 0.15) is 18.2 Å². The quantitative estimate of drug-likeness (QED) is 0.751. The van der Waals surface area contributed by atoms with Crippen LogP contribution in [0.25, 0.3) is 0 Å². The summed E-state index contributed by atoms with van der Waals surface area (Å²) in [7, 11) is 0. The summed E-state index contributed by atoms with van der Waals surface area (Å²) in [6.45, 7) is 5.53. The molecule has 0 fully saturated rings. The third-order valence-electron chi connectivity index (χ3n) is 4.18. The van der Waals surface area contributed by atoms with E-state index in [-0.39, 0.29) is 12.5 Å². The summed E-state index contributed by atoms with van der Waals surface area (Å²) >= 11 is 0. The summed E-state index contributed by atoms with van der Waals surface area (Å²) in [6, 6.07) is 0. The maximum absolute atomic E-state index is 12.6. The van der Waals surface area contributed by atoms with Crippen LogP contribution in [0.1, 0.15) is 46.0 Å². The van der Waals surface area contributed by atoms with Gasteiger partial charge in [0.05, 0.1) is 12.1 Å². The van der Waals surface area contributed by atoms with Gasteiger partial charge in [-0.2, -0.15) is 0 Å². The SMILES string of the molecule is CCCCC1=NCC2=C(N1CCCC)N([O-])N1C(=O)CN=C21. The zero-order valence-corrected chi connectivity index (χ0v) is 13.2. The largest absolute Gasteiger partial charge is 0.737 e. The monoisotopic (exact) mass is 304 g/mol. The van der Waals surface area contributed by atoms with Crippen molar-refractivity contribution >= 4 is 17.6 Å². The number of carbonyl (C=O) groups excluding carboxylic acids is 1. The molecule has 7 nitrogen and oxygen atoms in total. The van der Waals surface area contributed by atoms with Crippen LogP contribution in [-0.4, -0.2) is 52.3 Å². The summed E-state index contributed by atoms with van der Waals surface area (Å²) in [5.41, 5.74) is 0.789. The molecular weight excluding hydrogens is 282 g/mol. The second-order valence-electron chi connectivity index (χ2n) is 5.76. The molecule has 120 valence electrons. The number of amides is 1. The molecule has 3 aliphatic rings. The van der Waals surface area contributed by atoms with Crippen LogP contribution < -0.4 is 0 Å². The number of hydrogen-bond acceptors (Lipinski definition) is 6. The number of amidine groups is 2. The normalized spacial score (nSPS) is 20.5. The molecule has 0 unspecified atom stereocenters. The molecule has 0 aromatic heterocycles. The van der Waals surface area contributed by atoms with E-state index in [1.54, 1.807) is 0 Å². The number of carbonyl (C=O) groups is 1. The molecule has 0 spiro atoms. The number of hydrazine groups is 1. The molecule has 3 aliphatic heterocycles. The fourth-order valence-electron chi connectivity index (χ4n) is 3.00. The fourth-order valence-corrected chi connectivity index (χ4v) is 3.00. The van der Waals surface area contributed by atoms with Crippen molar-refractivity contribution in [3.63, 3.8) is 0 Å². The molecular formula is C15H22N5O2-. The Morgan fingerprint density at radius 1 is 1.14 bits per heavy atom. The molecule has 0 bridgehead atoms. The van der Waals surface area contributed by atoms with Gasteiger partial charge in [-0.25, -0.2) is 5.01 Å². The van der Waals surface area contributed by atoms with Gasteiger partial charge in [-0.3, -0.25) is 14.8 Å². The van der Waals surface area contributed by atoms with Gasteiger partial charge >= 0.3 is 0 Å². The Bertz CT molecular complexity index is 566. The van der Waals surface area contributed by atoms with Gasteiger partial charge in [-0.1, -0.05) is 26.7 Å². The number of nitrogens with zero attached hydrogens (tertiary/aromatic N) is 5. The van der Waals surface area contributed by atoms with Crippen molar-refractivity contribution in [2.24, 2.45) is 9.98 Å². The second-order valence-corrected chi connectivity index (χ2v) is 5.76. The highest BCUT2D eigenvalue weighted by Crippen LogP contribution is 2.34. The molecule has 0 radical (unpaired) electrons. The zero-order valence-electron chi connectivity index (χ0n) is 13.2. The van der Waals surface area contributed by atoms with Crippen molar-refractivity contribution in [1.82, 2.24) is 15.1 Å². The van der Waals surface area contributed by atoms with E-state index in [9.17, 15) is 10.0 Å². The highest BCUT2D eigenvalue weighted by molar-refractivity contribution is 6.14. The predicted molar refractivity (Wildman–Crippen MR) is 84.8 cm³/mol. The van der Waals surface area contributed by atoms with E-state index < -0.39 is 0 Å². The average molecular weight is 304 g/mol. The standard InChI is InChI=1S/C15H22N5O2/c1-3-5-7-12-16-9-11-14-17-10-13(21)19(14)20(22)15(11)18(12)8-6-4-2/h3-10H2,1-2H3/q-1. The maximum atomic E-state index is 12.6. The lowest BCUT2D eigenvalue weighted by atomic mass is 10.1. The maximum Gasteiger partial charge on any atom is 0.268 e. The highest BCUT2D eigenvalue weighted by atomic mass is 16.6. The van der Waals surface area contributed by atoms with Crippen molar-refractivity contribution in [3.05, 3.63) is 16.6 Å². The molecule has 7 heteroatoms. The van der Waals surface area contributed by atoms with Crippen molar-refractivity contribution < 1.29 is 4.79 Å². The fraction of sp³-hybridized carbons (Fsp3) is 0.667. The first kappa shape index (κ1) is 15.0. The Kier molecular flexibility index (Phi) is 4.15. The minimum absolute atomic E-state index is 0.0617. The smallest absolute Gasteiger partial charge is 0.268 e. The molecule has 0 saturated carbocycles. The Balaban J connectivity index is 1.90. The van der Waals surface area contributed by atoms with Gasteiger partial charge in [0, 0.05) is 13.0 Å². The molecule has 22 heavy (non-hydrogen) atoms. The summed E-state index contributed by atoms with van der Waals surface area (Å²) in [4.78, 5) is 22.7. The molecule has 0 aromatic carbocycles. The van der Waals surface area contributed by atoms with Crippen molar-refractivity contribution in [3.8, 4) is 0 Å². The van der Waals surface area contributed by atoms with Crippen LogP contribution in [0.15, 0.2) is 21.4 Å². The van der Waals surface area contributed by atoms with Crippen LogP contribution in [0.5, 0.6) is 0 Å². The lowest BCUT2D eigenvalue weighted by Crippen LogP contribution is -2.44. The van der Waals surface area contributed by atoms with E-state index in [0.717, 1.165) is 60.2 Å². The molecule has 0 N–H and O–H groups in total. The first-order chi connectivity index (χ1) is 10.7. The van der Waals surface area contributed by atoms with Crippen LogP contribution in [0.3, 0.4) is 0 Å². The highest BCUT2D eigenvalue weighted by Gasteiger charge is 2.42. The Hall–Kier alpha value is -1.89. The van der Waals surface area contributed by atoms with Gasteiger partial charge in [-0.15, -0.1) is 0 Å². The number of fused-ring (bicyclic) bond motifs is 2. The summed E-state index contributed by atoms with van der Waals surface area (Å²) in [5, 5.41) is 14.5. The van der Waals surface area contributed by atoms with E-state index in [1.165, 1.54) is 0 Å². The summed E-state index contributed by atoms with van der Waals surface area (Å²) in [5.74, 6) is 1.75. The second kappa shape index (κ2) is 6.08. The number of hydroxylamine groups is 1. The summed E-state index contributed by atoms with van der Waals surface area (Å²) in [6.07, 6.45) is 5.03. The van der Waals surface area contributed by atoms with Crippen LogP contribution in [-0.2, 0) is 4.79 Å². The van der Waals surface area contributed by atoms with Crippen LogP contribution in [0.2, 0.25) is 0 Å². The first-order valence-electron chi connectivity index (χ1n) is 8.08. The predicted octanol–water partition coefficient (Wildman–Crippen LogP) is 1.87. The van der Waals surface area contributed by atoms with Gasteiger partial charge in [0.25, 0.3) is 5.91 Å². The van der Waals surface area contributed by atoms with Crippen LogP contribution in [0, 0.1) is 5.21 Å². The van der Waals surface area contributed by atoms with E-state index in [1.807, 2.05) is 4.90 Å². The third kappa shape index (κ3) is 2.29. The molecule has 3 rings (SSSR count). The van der Waals surface area contributed by atoms with Gasteiger partial charge < -0.3 is 15.3 Å². The molecule has 0 atom stereocenters. The molecule has 0 saturated heterocycles. The van der Waals surface area contributed by atoms with E-state index >= 15 is 0 Å². The Labute approximate surface area is 130 Å². The molecule has 0 aromatic rings. The van der Waals surface area contributed by atoms with E-state index in [0.29, 0.717) is 18.2 Å². The number of rotatable bonds is 6. The van der Waals surface area contributed by atoms with Crippen molar-refractivity contribution in [2.45, 2.75) is 46.0 Å². The molecule has 0 aliphatic carbocycles. The lowest BCUT2D eigenvalue weighted by Gasteiger charge is -2.41. The molecule has 1 amide bonds. The van der Waals surface area contributed by atoms with Gasteiger partial charge in [0.15, 0.2) is 5.84 Å². The minimum Gasteiger partial charge on any atom is -0.737 e. The van der Waals surface area contributed by atoms with Crippen molar-refractivity contribution in [2.75, 3.05) is 19.6 Å². The summed E-state index contributed by atoms with van der Waals surface area (Å²) < 4.78 is 0. The van der Waals surface area contributed by atoms with Gasteiger partial charge in [0.2, 0.25) is 0 Å². The van der Waals surface area contributed by atoms with E-state index in [4.69, 9.17) is 0 Å². The lowest BCUT2D eigenvalue weighted by molar-refractivity contribution is -0.131. The average Bonchev–Trinajstić information content (AvgIpc) is 3.03. The first-order valence-corrected chi connectivity index (χ1v) is 8.08. The number of aliphatic imine (C=N–C) groups is 2. The minimum atomic E-state index is -0.259. The molecule has 3 heterocycles. The number of hydrogen-bond donors (Lipinski definition) is 0. The number of unbranched alkanes of at least 4 members (excludes halogenated alkanes) is 2. The van der Waals surface area contributed by atoms with Gasteiger partial charge in [-0.05, 0) is 12.8 Å². The topological polar surface area (TPSA) is 74.6 Å². The van der Waals surface area contributed by atoms with Crippen LogP contribution >= 0.6 is 0 Å². The Morgan fingerprint density at radius 3 is 2.64 bits per heavy atom. The van der Waals surface area contributed by atoms with Crippen LogP contribution in [0.4, 0.5) is 0 Å². The Morgan fingerprint density at radius 2 is 1.91 bits per heavy atom. The third-order valence-corrected chi connectivity index (χ3v) is 4.18.